The lowest BCUT2D eigenvalue weighted by molar-refractivity contribution is 0.956. The Hall–Kier alpha value is -1.20. The molecule has 0 amide bonds. The molecule has 0 fully saturated rings. The first-order chi connectivity index (χ1) is 8.29. The minimum absolute atomic E-state index is 0.631. The highest BCUT2D eigenvalue weighted by Crippen LogP contribution is 2.11. The number of anilines is 1. The number of rotatable bonds is 6. The van der Waals surface area contributed by atoms with Crippen LogP contribution < -0.4 is 5.32 Å². The van der Waals surface area contributed by atoms with Crippen molar-refractivity contribution < 1.29 is 0 Å². The molecule has 0 radical (unpaired) electrons. The van der Waals surface area contributed by atoms with Crippen molar-refractivity contribution in [2.24, 2.45) is 0 Å². The summed E-state index contributed by atoms with van der Waals surface area (Å²) in [5.74, 6) is 2.60. The van der Waals surface area contributed by atoms with Gasteiger partial charge >= 0.3 is 0 Å². The minimum Gasteiger partial charge on any atom is -0.352 e. The van der Waals surface area contributed by atoms with Crippen molar-refractivity contribution in [2.75, 3.05) is 23.4 Å². The van der Waals surface area contributed by atoms with Crippen molar-refractivity contribution in [3.05, 3.63) is 36.0 Å². The summed E-state index contributed by atoms with van der Waals surface area (Å²) in [6, 6.07) is 3.64. The summed E-state index contributed by atoms with van der Waals surface area (Å²) in [6.07, 6.45) is 3.64. The van der Waals surface area contributed by atoms with Crippen molar-refractivity contribution in [3.8, 4) is 0 Å². The average molecular weight is 269 g/mol. The van der Waals surface area contributed by atoms with Crippen LogP contribution in [0.25, 0.3) is 5.65 Å². The first-order valence-electron chi connectivity index (χ1n) is 5.24. The maximum atomic E-state index is 5.87. The number of hydrogen-bond donors (Lipinski definition) is 1. The fourth-order valence-electron chi connectivity index (χ4n) is 1.33. The second-order valence-electron chi connectivity index (χ2n) is 3.38. The van der Waals surface area contributed by atoms with E-state index in [1.165, 1.54) is 0 Å². The van der Waals surface area contributed by atoms with E-state index in [9.17, 15) is 0 Å². The van der Waals surface area contributed by atoms with Gasteiger partial charge in [0.1, 0.15) is 0 Å². The maximum Gasteiger partial charge on any atom is 0.243 e. The standard InChI is InChI=1S/C11H13ClN4S/c1-2-6-17-7-5-13-11-14-10-4-3-9(12)8-16(10)15-11/h2-4,8H,1,5-7H2,(H,13,15). The van der Waals surface area contributed by atoms with Crippen LogP contribution in [0.3, 0.4) is 0 Å². The Bertz CT molecular complexity index is 511. The summed E-state index contributed by atoms with van der Waals surface area (Å²) >= 11 is 7.69. The van der Waals surface area contributed by atoms with Crippen LogP contribution in [0.2, 0.25) is 5.02 Å². The van der Waals surface area contributed by atoms with E-state index in [2.05, 4.69) is 22.0 Å². The van der Waals surface area contributed by atoms with E-state index >= 15 is 0 Å². The molecule has 6 heteroatoms. The van der Waals surface area contributed by atoms with Gasteiger partial charge in [-0.2, -0.15) is 16.7 Å². The molecule has 0 aliphatic rings. The Balaban J connectivity index is 1.93. The molecule has 17 heavy (non-hydrogen) atoms. The Morgan fingerprint density at radius 3 is 3.24 bits per heavy atom. The first-order valence-corrected chi connectivity index (χ1v) is 6.77. The third kappa shape index (κ3) is 3.38. The molecule has 0 aromatic carbocycles. The van der Waals surface area contributed by atoms with E-state index in [4.69, 9.17) is 11.6 Å². The zero-order chi connectivity index (χ0) is 12.1. The second kappa shape index (κ2) is 5.93. The van der Waals surface area contributed by atoms with E-state index in [0.29, 0.717) is 11.0 Å². The SMILES string of the molecule is C=CCSCCNc1nc2ccc(Cl)cn2n1. The Morgan fingerprint density at radius 1 is 1.53 bits per heavy atom. The number of thioether (sulfide) groups is 1. The highest BCUT2D eigenvalue weighted by Gasteiger charge is 2.02. The molecule has 0 aliphatic heterocycles. The van der Waals surface area contributed by atoms with Gasteiger partial charge in [0.15, 0.2) is 5.65 Å². The number of aromatic nitrogens is 3. The smallest absolute Gasteiger partial charge is 0.243 e. The molecule has 2 aromatic rings. The molecule has 0 saturated heterocycles. The zero-order valence-electron chi connectivity index (χ0n) is 9.27. The lowest BCUT2D eigenvalue weighted by Crippen LogP contribution is -2.05. The maximum absolute atomic E-state index is 5.87. The summed E-state index contributed by atoms with van der Waals surface area (Å²) in [4.78, 5) is 4.32. The summed E-state index contributed by atoms with van der Waals surface area (Å²) in [5.41, 5.74) is 0.788. The number of nitrogens with one attached hydrogen (secondary N) is 1. The summed E-state index contributed by atoms with van der Waals surface area (Å²) in [7, 11) is 0. The molecule has 4 nitrogen and oxygen atoms in total. The van der Waals surface area contributed by atoms with Crippen molar-refractivity contribution in [2.45, 2.75) is 0 Å². The summed E-state index contributed by atoms with van der Waals surface area (Å²) in [5, 5.41) is 8.09. The molecule has 0 aliphatic carbocycles. The molecular formula is C11H13ClN4S. The van der Waals surface area contributed by atoms with Crippen LogP contribution in [0.15, 0.2) is 31.0 Å². The molecule has 0 saturated carbocycles. The van der Waals surface area contributed by atoms with Gasteiger partial charge in [0.05, 0.1) is 5.02 Å². The average Bonchev–Trinajstić information content (AvgIpc) is 2.70. The van der Waals surface area contributed by atoms with Gasteiger partial charge in [-0.25, -0.2) is 4.52 Å². The van der Waals surface area contributed by atoms with E-state index in [0.717, 1.165) is 23.7 Å². The Labute approximate surface area is 109 Å². The molecule has 2 heterocycles. The normalized spacial score (nSPS) is 10.6. The predicted octanol–water partition coefficient (Wildman–Crippen LogP) is 2.71. The van der Waals surface area contributed by atoms with E-state index in [1.807, 2.05) is 23.9 Å². The van der Waals surface area contributed by atoms with Crippen LogP contribution in [-0.2, 0) is 0 Å². The van der Waals surface area contributed by atoms with Crippen LogP contribution >= 0.6 is 23.4 Å². The van der Waals surface area contributed by atoms with Gasteiger partial charge in [-0.15, -0.1) is 11.7 Å². The molecule has 1 N–H and O–H groups in total. The van der Waals surface area contributed by atoms with Crippen LogP contribution in [-0.4, -0.2) is 32.6 Å². The molecule has 0 bridgehead atoms. The van der Waals surface area contributed by atoms with E-state index in [-0.39, 0.29) is 0 Å². The summed E-state index contributed by atoms with van der Waals surface area (Å²) < 4.78 is 1.67. The van der Waals surface area contributed by atoms with Gasteiger partial charge in [0.2, 0.25) is 5.95 Å². The second-order valence-corrected chi connectivity index (χ2v) is 4.96. The number of nitrogens with zero attached hydrogens (tertiary/aromatic N) is 3. The first kappa shape index (κ1) is 12.3. The van der Waals surface area contributed by atoms with Gasteiger partial charge in [-0.1, -0.05) is 17.7 Å². The molecule has 2 rings (SSSR count). The highest BCUT2D eigenvalue weighted by atomic mass is 35.5. The van der Waals surface area contributed by atoms with Crippen molar-refractivity contribution in [3.63, 3.8) is 0 Å². The summed E-state index contributed by atoms with van der Waals surface area (Å²) in [6.45, 7) is 4.51. The zero-order valence-corrected chi connectivity index (χ0v) is 10.8. The van der Waals surface area contributed by atoms with Crippen molar-refractivity contribution in [1.29, 1.82) is 0 Å². The number of fused-ring (bicyclic) bond motifs is 1. The lowest BCUT2D eigenvalue weighted by atomic mass is 10.5. The Morgan fingerprint density at radius 2 is 2.41 bits per heavy atom. The molecule has 90 valence electrons. The van der Waals surface area contributed by atoms with Gasteiger partial charge in [-0.3, -0.25) is 0 Å². The molecule has 0 spiro atoms. The van der Waals surface area contributed by atoms with E-state index in [1.54, 1.807) is 16.8 Å². The largest absolute Gasteiger partial charge is 0.352 e. The third-order valence-electron chi connectivity index (χ3n) is 2.06. The van der Waals surface area contributed by atoms with Gasteiger partial charge in [0, 0.05) is 24.2 Å². The fraction of sp³-hybridized carbons (Fsp3) is 0.273. The molecular weight excluding hydrogens is 256 g/mol. The highest BCUT2D eigenvalue weighted by molar-refractivity contribution is 7.99. The van der Waals surface area contributed by atoms with Crippen LogP contribution in [0, 0.1) is 0 Å². The topological polar surface area (TPSA) is 42.2 Å². The molecule has 0 atom stereocenters. The van der Waals surface area contributed by atoms with Crippen LogP contribution in [0.4, 0.5) is 5.95 Å². The van der Waals surface area contributed by atoms with Gasteiger partial charge in [0.25, 0.3) is 0 Å². The number of hydrogen-bond acceptors (Lipinski definition) is 4. The third-order valence-corrected chi connectivity index (χ3v) is 3.25. The van der Waals surface area contributed by atoms with Crippen molar-refractivity contribution in [1.82, 2.24) is 14.6 Å². The lowest BCUT2D eigenvalue weighted by Gasteiger charge is -1.99. The molecule has 2 aromatic heterocycles. The van der Waals surface area contributed by atoms with E-state index < -0.39 is 0 Å². The van der Waals surface area contributed by atoms with Crippen LogP contribution in [0.1, 0.15) is 0 Å². The van der Waals surface area contributed by atoms with Gasteiger partial charge < -0.3 is 5.32 Å². The Kier molecular flexibility index (Phi) is 4.28. The molecule has 0 unspecified atom stereocenters. The predicted molar refractivity (Wildman–Crippen MR) is 74.0 cm³/mol. The minimum atomic E-state index is 0.631. The van der Waals surface area contributed by atoms with Crippen molar-refractivity contribution >= 4 is 35.0 Å². The number of halogens is 1. The quantitative estimate of drug-likeness (QED) is 0.646. The van der Waals surface area contributed by atoms with Crippen LogP contribution in [0.5, 0.6) is 0 Å². The van der Waals surface area contributed by atoms with Gasteiger partial charge in [-0.05, 0) is 12.1 Å². The fourth-order valence-corrected chi connectivity index (χ4v) is 2.07. The number of pyridine rings is 1. The monoisotopic (exact) mass is 268 g/mol.